The molecule has 7 heteroatoms. The Morgan fingerprint density at radius 2 is 2.25 bits per heavy atom. The van der Waals surface area contributed by atoms with Gasteiger partial charge in [-0.05, 0) is 25.7 Å². The summed E-state index contributed by atoms with van der Waals surface area (Å²) in [4.78, 5) is 41.9. The first kappa shape index (κ1) is 14.8. The molecule has 2 rings (SSSR count). The smallest absolute Gasteiger partial charge is 0.323 e. The van der Waals surface area contributed by atoms with Crippen molar-refractivity contribution < 1.29 is 19.2 Å². The molecule has 0 aromatic carbocycles. The van der Waals surface area contributed by atoms with E-state index in [2.05, 4.69) is 10.8 Å². The van der Waals surface area contributed by atoms with Crippen LogP contribution in [-0.4, -0.2) is 41.4 Å². The molecule has 2 atom stereocenters. The molecule has 0 aromatic heterocycles. The molecular weight excluding hydrogens is 262 g/mol. The Kier molecular flexibility index (Phi) is 4.27. The van der Waals surface area contributed by atoms with Crippen LogP contribution in [0.3, 0.4) is 0 Å². The molecule has 2 aliphatic rings. The van der Waals surface area contributed by atoms with E-state index >= 15 is 0 Å². The Morgan fingerprint density at radius 1 is 1.50 bits per heavy atom. The van der Waals surface area contributed by atoms with E-state index in [0.29, 0.717) is 13.0 Å². The average molecular weight is 283 g/mol. The second-order valence-electron chi connectivity index (χ2n) is 5.40. The third-order valence-corrected chi connectivity index (χ3v) is 4.13. The SMILES string of the molecule is CCONC(=O)CN1C(=O)NC2(CCCCC2C)C1=O. The zero-order valence-corrected chi connectivity index (χ0v) is 11.9. The maximum Gasteiger partial charge on any atom is 0.325 e. The summed E-state index contributed by atoms with van der Waals surface area (Å²) < 4.78 is 0. The zero-order valence-electron chi connectivity index (χ0n) is 11.9. The van der Waals surface area contributed by atoms with E-state index in [-0.39, 0.29) is 18.4 Å². The van der Waals surface area contributed by atoms with Crippen LogP contribution in [0.4, 0.5) is 4.79 Å². The third kappa shape index (κ3) is 2.49. The van der Waals surface area contributed by atoms with Crippen LogP contribution < -0.4 is 10.8 Å². The monoisotopic (exact) mass is 283 g/mol. The van der Waals surface area contributed by atoms with E-state index in [1.54, 1.807) is 6.92 Å². The van der Waals surface area contributed by atoms with E-state index in [0.717, 1.165) is 24.2 Å². The van der Waals surface area contributed by atoms with Crippen molar-refractivity contribution in [3.63, 3.8) is 0 Å². The van der Waals surface area contributed by atoms with Gasteiger partial charge in [-0.15, -0.1) is 0 Å². The van der Waals surface area contributed by atoms with Crippen LogP contribution in [0.1, 0.15) is 39.5 Å². The van der Waals surface area contributed by atoms with Gasteiger partial charge in [0.2, 0.25) is 0 Å². The van der Waals surface area contributed by atoms with Gasteiger partial charge < -0.3 is 5.32 Å². The zero-order chi connectivity index (χ0) is 14.8. The Balaban J connectivity index is 2.07. The Bertz CT molecular complexity index is 426. The molecule has 112 valence electrons. The minimum absolute atomic E-state index is 0.0904. The quantitative estimate of drug-likeness (QED) is 0.583. The van der Waals surface area contributed by atoms with E-state index in [1.807, 2.05) is 6.92 Å². The molecule has 0 aromatic rings. The van der Waals surface area contributed by atoms with Crippen LogP contribution in [0, 0.1) is 5.92 Å². The molecule has 0 bridgehead atoms. The van der Waals surface area contributed by atoms with Gasteiger partial charge in [0, 0.05) is 0 Å². The molecule has 1 aliphatic heterocycles. The lowest BCUT2D eigenvalue weighted by molar-refractivity contribution is -0.141. The van der Waals surface area contributed by atoms with Crippen molar-refractivity contribution >= 4 is 17.8 Å². The number of carbonyl (C=O) groups is 3. The van der Waals surface area contributed by atoms with Crippen molar-refractivity contribution in [3.8, 4) is 0 Å². The summed E-state index contributed by atoms with van der Waals surface area (Å²) in [6.07, 6.45) is 3.53. The molecule has 1 heterocycles. The standard InChI is InChI=1S/C13H21N3O4/c1-3-20-15-10(17)8-16-11(18)13(14-12(16)19)7-5-4-6-9(13)2/h9H,3-8H2,1-2H3,(H,14,19)(H,15,17). The third-order valence-electron chi connectivity index (χ3n) is 4.13. The molecule has 1 spiro atoms. The van der Waals surface area contributed by atoms with Crippen LogP contribution in [0.5, 0.6) is 0 Å². The number of rotatable bonds is 4. The molecular formula is C13H21N3O4. The van der Waals surface area contributed by atoms with E-state index in [4.69, 9.17) is 4.84 Å². The molecule has 4 amide bonds. The summed E-state index contributed by atoms with van der Waals surface area (Å²) in [5.41, 5.74) is 1.37. The molecule has 2 N–H and O–H groups in total. The normalized spacial score (nSPS) is 29.7. The summed E-state index contributed by atoms with van der Waals surface area (Å²) in [5, 5.41) is 2.80. The van der Waals surface area contributed by atoms with Gasteiger partial charge in [0.1, 0.15) is 12.1 Å². The van der Waals surface area contributed by atoms with Gasteiger partial charge in [-0.3, -0.25) is 19.3 Å². The highest BCUT2D eigenvalue weighted by atomic mass is 16.6. The molecule has 2 unspecified atom stereocenters. The topological polar surface area (TPSA) is 87.7 Å². The number of hydrogen-bond donors (Lipinski definition) is 2. The lowest BCUT2D eigenvalue weighted by atomic mass is 9.73. The number of hydroxylamine groups is 1. The predicted molar refractivity (Wildman–Crippen MR) is 70.4 cm³/mol. The van der Waals surface area contributed by atoms with Crippen molar-refractivity contribution in [2.45, 2.75) is 45.1 Å². The minimum Gasteiger partial charge on any atom is -0.323 e. The van der Waals surface area contributed by atoms with Crippen molar-refractivity contribution in [2.24, 2.45) is 5.92 Å². The highest BCUT2D eigenvalue weighted by molar-refractivity contribution is 6.09. The number of nitrogens with one attached hydrogen (secondary N) is 2. The van der Waals surface area contributed by atoms with Crippen molar-refractivity contribution in [1.29, 1.82) is 0 Å². The van der Waals surface area contributed by atoms with Crippen molar-refractivity contribution in [2.75, 3.05) is 13.2 Å². The maximum atomic E-state index is 12.5. The van der Waals surface area contributed by atoms with Crippen LogP contribution in [0.25, 0.3) is 0 Å². The largest absolute Gasteiger partial charge is 0.325 e. The molecule has 7 nitrogen and oxygen atoms in total. The van der Waals surface area contributed by atoms with Crippen LogP contribution in [-0.2, 0) is 14.4 Å². The second-order valence-corrected chi connectivity index (χ2v) is 5.40. The first-order valence-electron chi connectivity index (χ1n) is 7.06. The van der Waals surface area contributed by atoms with Crippen LogP contribution >= 0.6 is 0 Å². The van der Waals surface area contributed by atoms with Gasteiger partial charge >= 0.3 is 6.03 Å². The lowest BCUT2D eigenvalue weighted by Gasteiger charge is -2.36. The van der Waals surface area contributed by atoms with E-state index in [9.17, 15) is 14.4 Å². The maximum absolute atomic E-state index is 12.5. The number of carbonyl (C=O) groups excluding carboxylic acids is 3. The van der Waals surface area contributed by atoms with Crippen molar-refractivity contribution in [1.82, 2.24) is 15.7 Å². The Morgan fingerprint density at radius 3 is 2.90 bits per heavy atom. The van der Waals surface area contributed by atoms with Gasteiger partial charge in [-0.2, -0.15) is 0 Å². The summed E-state index contributed by atoms with van der Waals surface area (Å²) in [6.45, 7) is 3.72. The highest BCUT2D eigenvalue weighted by Crippen LogP contribution is 2.37. The molecule has 1 aliphatic carbocycles. The van der Waals surface area contributed by atoms with Crippen molar-refractivity contribution in [3.05, 3.63) is 0 Å². The fourth-order valence-corrected chi connectivity index (χ4v) is 2.97. The minimum atomic E-state index is -0.818. The molecule has 20 heavy (non-hydrogen) atoms. The van der Waals surface area contributed by atoms with Crippen LogP contribution in [0.2, 0.25) is 0 Å². The Labute approximate surface area is 118 Å². The summed E-state index contributed by atoms with van der Waals surface area (Å²) >= 11 is 0. The first-order chi connectivity index (χ1) is 9.51. The van der Waals surface area contributed by atoms with Gasteiger partial charge in [-0.25, -0.2) is 10.3 Å². The molecule has 1 saturated carbocycles. The number of urea groups is 1. The first-order valence-corrected chi connectivity index (χ1v) is 7.06. The summed E-state index contributed by atoms with van der Waals surface area (Å²) in [5.74, 6) is -0.704. The highest BCUT2D eigenvalue weighted by Gasteiger charge is 2.55. The lowest BCUT2D eigenvalue weighted by Crippen LogP contribution is -2.54. The fraction of sp³-hybridized carbons (Fsp3) is 0.769. The summed E-state index contributed by atoms with van der Waals surface area (Å²) in [6, 6.07) is -0.490. The van der Waals surface area contributed by atoms with Crippen LogP contribution in [0.15, 0.2) is 0 Å². The second kappa shape index (κ2) is 5.78. The predicted octanol–water partition coefficient (Wildman–Crippen LogP) is 0.555. The number of nitrogens with zero attached hydrogens (tertiary/aromatic N) is 1. The molecule has 1 saturated heterocycles. The fourth-order valence-electron chi connectivity index (χ4n) is 2.97. The number of imide groups is 1. The van der Waals surface area contributed by atoms with Gasteiger partial charge in [0.25, 0.3) is 11.8 Å². The molecule has 2 fully saturated rings. The summed E-state index contributed by atoms with van der Waals surface area (Å²) in [7, 11) is 0. The van der Waals surface area contributed by atoms with Gasteiger partial charge in [0.05, 0.1) is 6.61 Å². The number of hydrogen-bond acceptors (Lipinski definition) is 4. The number of amides is 4. The Hall–Kier alpha value is -1.63. The van der Waals surface area contributed by atoms with Gasteiger partial charge in [-0.1, -0.05) is 19.8 Å². The molecule has 0 radical (unpaired) electrons. The average Bonchev–Trinajstić information content (AvgIpc) is 2.65. The van der Waals surface area contributed by atoms with E-state index < -0.39 is 17.5 Å². The van der Waals surface area contributed by atoms with E-state index in [1.165, 1.54) is 0 Å². The van der Waals surface area contributed by atoms with Gasteiger partial charge in [0.15, 0.2) is 0 Å².